The average Bonchev–Trinajstić information content (AvgIpc) is 2.22. The molecule has 0 atom stereocenters. The third-order valence-electron chi connectivity index (χ3n) is 3.10. The van der Waals surface area contributed by atoms with Crippen molar-refractivity contribution in [1.82, 2.24) is 0 Å². The summed E-state index contributed by atoms with van der Waals surface area (Å²) in [7, 11) is 0. The SMILES string of the molecule is CCC(C)(C)C(=O)OCCCCCC(C)C. The number of esters is 1. The van der Waals surface area contributed by atoms with Crippen molar-refractivity contribution >= 4 is 5.97 Å². The van der Waals surface area contributed by atoms with E-state index in [0.717, 1.165) is 25.2 Å². The third kappa shape index (κ3) is 6.86. The molecular weight excluding hydrogens is 200 g/mol. The Labute approximate surface area is 101 Å². The van der Waals surface area contributed by atoms with E-state index >= 15 is 0 Å². The first-order valence-electron chi connectivity index (χ1n) is 6.57. The molecule has 2 heteroatoms. The Morgan fingerprint density at radius 3 is 2.31 bits per heavy atom. The number of hydrogen-bond acceptors (Lipinski definition) is 2. The molecule has 96 valence electrons. The van der Waals surface area contributed by atoms with Crippen LogP contribution in [0.5, 0.6) is 0 Å². The molecule has 0 N–H and O–H groups in total. The fourth-order valence-corrected chi connectivity index (χ4v) is 1.34. The van der Waals surface area contributed by atoms with E-state index < -0.39 is 0 Å². The quantitative estimate of drug-likeness (QED) is 0.460. The largest absolute Gasteiger partial charge is 0.465 e. The van der Waals surface area contributed by atoms with Gasteiger partial charge in [-0.15, -0.1) is 0 Å². The molecule has 0 aromatic rings. The van der Waals surface area contributed by atoms with Gasteiger partial charge in [0.2, 0.25) is 0 Å². The lowest BCUT2D eigenvalue weighted by molar-refractivity contribution is -0.154. The Bertz CT molecular complexity index is 195. The van der Waals surface area contributed by atoms with Gasteiger partial charge in [-0.05, 0) is 32.6 Å². The molecule has 0 aliphatic heterocycles. The van der Waals surface area contributed by atoms with Crippen molar-refractivity contribution in [2.24, 2.45) is 11.3 Å². The molecule has 0 radical (unpaired) electrons. The highest BCUT2D eigenvalue weighted by molar-refractivity contribution is 5.75. The molecule has 0 spiro atoms. The number of ether oxygens (including phenoxy) is 1. The number of rotatable bonds is 8. The van der Waals surface area contributed by atoms with Crippen molar-refractivity contribution in [2.45, 2.75) is 66.7 Å². The Kier molecular flexibility index (Phi) is 7.44. The highest BCUT2D eigenvalue weighted by Crippen LogP contribution is 2.21. The maximum absolute atomic E-state index is 11.6. The van der Waals surface area contributed by atoms with Crippen molar-refractivity contribution in [3.05, 3.63) is 0 Å². The van der Waals surface area contributed by atoms with E-state index in [2.05, 4.69) is 13.8 Å². The molecule has 0 aromatic heterocycles. The molecule has 0 saturated heterocycles. The third-order valence-corrected chi connectivity index (χ3v) is 3.10. The molecule has 0 amide bonds. The number of hydrogen-bond donors (Lipinski definition) is 0. The predicted octanol–water partition coefficient (Wildman–Crippen LogP) is 4.18. The maximum Gasteiger partial charge on any atom is 0.311 e. The van der Waals surface area contributed by atoms with Gasteiger partial charge in [-0.25, -0.2) is 0 Å². The van der Waals surface area contributed by atoms with Gasteiger partial charge in [0.15, 0.2) is 0 Å². The van der Waals surface area contributed by atoms with Crippen molar-refractivity contribution < 1.29 is 9.53 Å². The van der Waals surface area contributed by atoms with E-state index in [1.54, 1.807) is 0 Å². The smallest absolute Gasteiger partial charge is 0.311 e. The van der Waals surface area contributed by atoms with Gasteiger partial charge in [0.25, 0.3) is 0 Å². The molecule has 0 aromatic carbocycles. The fourth-order valence-electron chi connectivity index (χ4n) is 1.34. The lowest BCUT2D eigenvalue weighted by Gasteiger charge is -2.20. The highest BCUT2D eigenvalue weighted by Gasteiger charge is 2.26. The zero-order chi connectivity index (χ0) is 12.6. The number of unbranched alkanes of at least 4 members (excludes halogenated alkanes) is 2. The summed E-state index contributed by atoms with van der Waals surface area (Å²) in [6.45, 7) is 11.0. The maximum atomic E-state index is 11.6. The van der Waals surface area contributed by atoms with Crippen LogP contribution in [0.4, 0.5) is 0 Å². The zero-order valence-electron chi connectivity index (χ0n) is 11.6. The first kappa shape index (κ1) is 15.5. The molecule has 0 aliphatic carbocycles. The van der Waals surface area contributed by atoms with Crippen LogP contribution in [0.25, 0.3) is 0 Å². The molecule has 0 aliphatic rings. The zero-order valence-corrected chi connectivity index (χ0v) is 11.6. The van der Waals surface area contributed by atoms with Crippen molar-refractivity contribution in [3.63, 3.8) is 0 Å². The molecule has 0 saturated carbocycles. The monoisotopic (exact) mass is 228 g/mol. The second kappa shape index (κ2) is 7.70. The Balaban J connectivity index is 3.49. The summed E-state index contributed by atoms with van der Waals surface area (Å²) < 4.78 is 5.27. The van der Waals surface area contributed by atoms with Gasteiger partial charge < -0.3 is 4.74 Å². The second-order valence-corrected chi connectivity index (χ2v) is 5.62. The molecule has 0 fully saturated rings. The van der Waals surface area contributed by atoms with Crippen LogP contribution in [0.2, 0.25) is 0 Å². The van der Waals surface area contributed by atoms with E-state index in [1.807, 2.05) is 20.8 Å². The first-order chi connectivity index (χ1) is 7.40. The van der Waals surface area contributed by atoms with Crippen LogP contribution in [0.3, 0.4) is 0 Å². The predicted molar refractivity (Wildman–Crippen MR) is 68.3 cm³/mol. The van der Waals surface area contributed by atoms with Crippen LogP contribution in [0, 0.1) is 11.3 Å². The topological polar surface area (TPSA) is 26.3 Å². The van der Waals surface area contributed by atoms with E-state index in [4.69, 9.17) is 4.74 Å². The normalized spacial score (nSPS) is 11.9. The second-order valence-electron chi connectivity index (χ2n) is 5.62. The van der Waals surface area contributed by atoms with Crippen molar-refractivity contribution in [1.29, 1.82) is 0 Å². The molecule has 0 unspecified atom stereocenters. The van der Waals surface area contributed by atoms with E-state index in [0.29, 0.717) is 6.61 Å². The van der Waals surface area contributed by atoms with Gasteiger partial charge in [0, 0.05) is 0 Å². The van der Waals surface area contributed by atoms with Gasteiger partial charge in [-0.2, -0.15) is 0 Å². The van der Waals surface area contributed by atoms with Crippen LogP contribution in [-0.2, 0) is 9.53 Å². The lowest BCUT2D eigenvalue weighted by atomic mass is 9.91. The fraction of sp³-hybridized carbons (Fsp3) is 0.929. The van der Waals surface area contributed by atoms with Crippen LogP contribution in [-0.4, -0.2) is 12.6 Å². The molecule has 16 heavy (non-hydrogen) atoms. The first-order valence-corrected chi connectivity index (χ1v) is 6.57. The standard InChI is InChI=1S/C14H28O2/c1-6-14(4,5)13(15)16-11-9-7-8-10-12(2)3/h12H,6-11H2,1-5H3. The van der Waals surface area contributed by atoms with Gasteiger partial charge in [0.1, 0.15) is 0 Å². The van der Waals surface area contributed by atoms with Crippen LogP contribution < -0.4 is 0 Å². The Hall–Kier alpha value is -0.530. The van der Waals surface area contributed by atoms with Crippen LogP contribution in [0.15, 0.2) is 0 Å². The summed E-state index contributed by atoms with van der Waals surface area (Å²) in [6, 6.07) is 0. The van der Waals surface area contributed by atoms with E-state index in [1.165, 1.54) is 12.8 Å². The number of carbonyl (C=O) groups is 1. The summed E-state index contributed by atoms with van der Waals surface area (Å²) in [5.74, 6) is 0.723. The van der Waals surface area contributed by atoms with Gasteiger partial charge in [0.05, 0.1) is 12.0 Å². The van der Waals surface area contributed by atoms with Crippen LogP contribution >= 0.6 is 0 Å². The molecule has 0 bridgehead atoms. The minimum atomic E-state index is -0.321. The summed E-state index contributed by atoms with van der Waals surface area (Å²) in [4.78, 5) is 11.6. The minimum absolute atomic E-state index is 0.0566. The van der Waals surface area contributed by atoms with E-state index in [-0.39, 0.29) is 11.4 Å². The lowest BCUT2D eigenvalue weighted by Crippen LogP contribution is -2.26. The van der Waals surface area contributed by atoms with Gasteiger partial charge >= 0.3 is 5.97 Å². The summed E-state index contributed by atoms with van der Waals surface area (Å²) in [5, 5.41) is 0. The highest BCUT2D eigenvalue weighted by atomic mass is 16.5. The summed E-state index contributed by atoms with van der Waals surface area (Å²) >= 11 is 0. The Morgan fingerprint density at radius 2 is 1.81 bits per heavy atom. The molecule has 0 heterocycles. The molecule has 0 rings (SSSR count). The Morgan fingerprint density at radius 1 is 1.19 bits per heavy atom. The summed E-state index contributed by atoms with van der Waals surface area (Å²) in [6.07, 6.45) is 5.51. The molecule has 2 nitrogen and oxygen atoms in total. The number of carbonyl (C=O) groups excluding carboxylic acids is 1. The van der Waals surface area contributed by atoms with Gasteiger partial charge in [-0.3, -0.25) is 4.79 Å². The van der Waals surface area contributed by atoms with E-state index in [9.17, 15) is 4.79 Å². The average molecular weight is 228 g/mol. The van der Waals surface area contributed by atoms with Crippen LogP contribution in [0.1, 0.15) is 66.7 Å². The van der Waals surface area contributed by atoms with Crippen molar-refractivity contribution in [2.75, 3.05) is 6.61 Å². The van der Waals surface area contributed by atoms with Gasteiger partial charge in [-0.1, -0.05) is 40.0 Å². The molecular formula is C14H28O2. The minimum Gasteiger partial charge on any atom is -0.465 e. The van der Waals surface area contributed by atoms with Crippen molar-refractivity contribution in [3.8, 4) is 0 Å². The summed E-state index contributed by atoms with van der Waals surface area (Å²) in [5.41, 5.74) is -0.321.